The average Bonchev–Trinajstić information content (AvgIpc) is 2.83. The molecule has 1 aromatic carbocycles. The van der Waals surface area contributed by atoms with E-state index in [4.69, 9.17) is 4.74 Å². The van der Waals surface area contributed by atoms with E-state index in [9.17, 15) is 39.6 Å². The van der Waals surface area contributed by atoms with Gasteiger partial charge in [-0.1, -0.05) is 52.7 Å². The molecule has 0 heterocycles. The van der Waals surface area contributed by atoms with E-state index >= 15 is 0 Å². The Morgan fingerprint density at radius 3 is 2.37 bits per heavy atom. The van der Waals surface area contributed by atoms with Gasteiger partial charge >= 0.3 is 5.97 Å². The third-order valence-electron chi connectivity index (χ3n) is 8.93. The molecular weight excluding hydrogens is 492 g/mol. The van der Waals surface area contributed by atoms with E-state index in [1.165, 1.54) is 13.0 Å². The number of aromatic hydroxyl groups is 1. The summed E-state index contributed by atoms with van der Waals surface area (Å²) in [5.74, 6) is -6.07. The molecule has 9 heteroatoms. The minimum absolute atomic E-state index is 0.0109. The van der Waals surface area contributed by atoms with Gasteiger partial charge in [0.05, 0.1) is 16.6 Å². The number of rotatable bonds is 6. The van der Waals surface area contributed by atoms with Crippen molar-refractivity contribution in [2.24, 2.45) is 10.8 Å². The molecule has 0 spiro atoms. The summed E-state index contributed by atoms with van der Waals surface area (Å²) >= 11 is 0. The van der Waals surface area contributed by atoms with Crippen molar-refractivity contribution in [3.63, 3.8) is 0 Å². The Balaban J connectivity index is 2.05. The van der Waals surface area contributed by atoms with Gasteiger partial charge in [-0.2, -0.15) is 0 Å². The molecule has 0 saturated heterocycles. The molecule has 5 atom stereocenters. The Labute approximate surface area is 220 Å². The summed E-state index contributed by atoms with van der Waals surface area (Å²) in [5, 5.41) is 45.2. The number of carbonyl (C=O) groups excluding carboxylic acids is 4. The fourth-order valence-corrected chi connectivity index (χ4v) is 6.76. The summed E-state index contributed by atoms with van der Waals surface area (Å²) in [6, 6.07) is 4.59. The highest BCUT2D eigenvalue weighted by Crippen LogP contribution is 2.66. The highest BCUT2D eigenvalue weighted by Gasteiger charge is 2.75. The lowest BCUT2D eigenvalue weighted by Gasteiger charge is -2.61. The first kappa shape index (κ1) is 27.6. The van der Waals surface area contributed by atoms with Crippen molar-refractivity contribution in [1.82, 2.24) is 0 Å². The second kappa shape index (κ2) is 9.08. The maximum Gasteiger partial charge on any atom is 0.306 e. The zero-order chi connectivity index (χ0) is 28.4. The van der Waals surface area contributed by atoms with E-state index in [1.807, 2.05) is 6.92 Å². The minimum Gasteiger partial charge on any atom is -0.508 e. The molecule has 1 saturated carbocycles. The highest BCUT2D eigenvalue weighted by molar-refractivity contribution is 6.23. The van der Waals surface area contributed by atoms with Crippen LogP contribution in [0.3, 0.4) is 0 Å². The number of Topliss-reactive ketones (excluding diaryl/α,β-unsaturated/α-hetero) is 3. The van der Waals surface area contributed by atoms with Gasteiger partial charge in [0.25, 0.3) is 0 Å². The van der Waals surface area contributed by atoms with Crippen LogP contribution in [0, 0.1) is 10.8 Å². The standard InChI is InChI=1S/C29H34O9/c1-6-7-8-12-19(33)38-26-27(4)13-18(32)20(15(3)30)24(35)29(27,37)25(36)22-23(34)21-16(10-9-11-17(21)31)14(2)28(22,26)5/h9-11,14,26,31,34-35,37H,6-8,12-13H2,1-5H3/t14-,26+,27+,28+,29+/m1/s1. The maximum atomic E-state index is 14.2. The van der Waals surface area contributed by atoms with Crippen LogP contribution in [0.25, 0.3) is 5.76 Å². The lowest BCUT2D eigenvalue weighted by molar-refractivity contribution is -0.212. The second-order valence-electron chi connectivity index (χ2n) is 11.1. The normalized spacial score (nSPS) is 32.5. The van der Waals surface area contributed by atoms with Crippen LogP contribution in [-0.4, -0.2) is 55.5 Å². The van der Waals surface area contributed by atoms with Crippen molar-refractivity contribution in [2.75, 3.05) is 0 Å². The van der Waals surface area contributed by atoms with Crippen molar-refractivity contribution in [2.45, 2.75) is 84.3 Å². The summed E-state index contributed by atoms with van der Waals surface area (Å²) < 4.78 is 6.02. The molecule has 0 radical (unpaired) electrons. The largest absolute Gasteiger partial charge is 0.508 e. The number of ether oxygens (including phenoxy) is 1. The number of ketones is 3. The molecule has 0 aromatic heterocycles. The Hall–Kier alpha value is -3.46. The van der Waals surface area contributed by atoms with Crippen LogP contribution >= 0.6 is 0 Å². The van der Waals surface area contributed by atoms with Gasteiger partial charge in [0.2, 0.25) is 5.78 Å². The summed E-state index contributed by atoms with van der Waals surface area (Å²) in [5.41, 5.74) is -6.81. The predicted molar refractivity (Wildman–Crippen MR) is 136 cm³/mol. The molecule has 4 rings (SSSR count). The summed E-state index contributed by atoms with van der Waals surface area (Å²) in [6.07, 6.45) is 0.277. The van der Waals surface area contributed by atoms with Crippen LogP contribution in [0.2, 0.25) is 0 Å². The van der Waals surface area contributed by atoms with E-state index in [0.717, 1.165) is 19.8 Å². The van der Waals surface area contributed by atoms with Crippen molar-refractivity contribution in [3.8, 4) is 5.75 Å². The number of phenols is 1. The van der Waals surface area contributed by atoms with Gasteiger partial charge in [0, 0.05) is 18.3 Å². The maximum absolute atomic E-state index is 14.2. The average molecular weight is 527 g/mol. The molecule has 1 fully saturated rings. The molecule has 9 nitrogen and oxygen atoms in total. The van der Waals surface area contributed by atoms with E-state index < -0.39 is 75.3 Å². The van der Waals surface area contributed by atoms with E-state index in [1.54, 1.807) is 26.0 Å². The number of benzene rings is 1. The smallest absolute Gasteiger partial charge is 0.306 e. The molecule has 1 aromatic rings. The molecule has 0 aliphatic heterocycles. The Bertz CT molecular complexity index is 1320. The molecule has 3 aliphatic carbocycles. The third-order valence-corrected chi connectivity index (χ3v) is 8.93. The van der Waals surface area contributed by atoms with Gasteiger partial charge in [-0.05, 0) is 30.9 Å². The SMILES string of the molecule is CCCCCC(=O)O[C@@H]1[C@]2(C)C(=C(O)c3c(O)cccc3[C@H]2C)C(=O)[C@@]2(O)C(O)=C(C(C)=O)C(=O)C[C@@]12C. The molecule has 0 bridgehead atoms. The van der Waals surface area contributed by atoms with Gasteiger partial charge in [-0.25, -0.2) is 0 Å². The van der Waals surface area contributed by atoms with Crippen LogP contribution < -0.4 is 0 Å². The number of hydrogen-bond acceptors (Lipinski definition) is 9. The molecule has 3 aliphatic rings. The molecule has 38 heavy (non-hydrogen) atoms. The zero-order valence-corrected chi connectivity index (χ0v) is 22.3. The lowest BCUT2D eigenvalue weighted by Crippen LogP contribution is -2.73. The monoisotopic (exact) mass is 526 g/mol. The van der Waals surface area contributed by atoms with Gasteiger partial charge in [0.1, 0.15) is 28.9 Å². The number of aliphatic hydroxyl groups is 3. The Morgan fingerprint density at radius 2 is 1.76 bits per heavy atom. The van der Waals surface area contributed by atoms with E-state index in [0.29, 0.717) is 12.0 Å². The van der Waals surface area contributed by atoms with Gasteiger partial charge < -0.3 is 25.2 Å². The first-order chi connectivity index (χ1) is 17.7. The topological polar surface area (TPSA) is 158 Å². The van der Waals surface area contributed by atoms with E-state index in [-0.39, 0.29) is 23.3 Å². The summed E-state index contributed by atoms with van der Waals surface area (Å²) in [7, 11) is 0. The first-order valence-corrected chi connectivity index (χ1v) is 12.9. The van der Waals surface area contributed by atoms with E-state index in [2.05, 4.69) is 0 Å². The fourth-order valence-electron chi connectivity index (χ4n) is 6.76. The third kappa shape index (κ3) is 3.40. The number of fused-ring (bicyclic) bond motifs is 3. The first-order valence-electron chi connectivity index (χ1n) is 12.9. The number of hydrogen-bond donors (Lipinski definition) is 4. The number of esters is 1. The van der Waals surface area contributed by atoms with Crippen LogP contribution in [0.15, 0.2) is 35.1 Å². The number of unbranched alkanes of at least 4 members (excludes halogenated alkanes) is 2. The van der Waals surface area contributed by atoms with Crippen LogP contribution in [0.5, 0.6) is 5.75 Å². The summed E-state index contributed by atoms with van der Waals surface area (Å²) in [4.78, 5) is 52.8. The van der Waals surface area contributed by atoms with Crippen molar-refractivity contribution >= 4 is 29.1 Å². The molecular formula is C29H34O9. The van der Waals surface area contributed by atoms with Gasteiger partial charge in [-0.15, -0.1) is 0 Å². The number of allylic oxidation sites excluding steroid dienone is 1. The highest BCUT2D eigenvalue weighted by atomic mass is 16.5. The van der Waals surface area contributed by atoms with Crippen molar-refractivity contribution < 1.29 is 44.3 Å². The second-order valence-corrected chi connectivity index (χ2v) is 11.1. The van der Waals surface area contributed by atoms with Crippen molar-refractivity contribution in [1.29, 1.82) is 0 Å². The summed E-state index contributed by atoms with van der Waals surface area (Å²) in [6.45, 7) is 7.74. The van der Waals surface area contributed by atoms with Crippen LogP contribution in [0.1, 0.15) is 83.8 Å². The van der Waals surface area contributed by atoms with Crippen molar-refractivity contribution in [3.05, 3.63) is 46.2 Å². The minimum atomic E-state index is -2.86. The quantitative estimate of drug-likeness (QED) is 0.244. The van der Waals surface area contributed by atoms with Gasteiger partial charge in [-0.3, -0.25) is 19.2 Å². The lowest BCUT2D eigenvalue weighted by atomic mass is 9.44. The molecule has 204 valence electrons. The molecule has 0 amide bonds. The van der Waals surface area contributed by atoms with Gasteiger partial charge in [0.15, 0.2) is 17.2 Å². The Kier molecular flexibility index (Phi) is 6.59. The number of carbonyl (C=O) groups is 4. The van der Waals surface area contributed by atoms with Crippen LogP contribution in [0.4, 0.5) is 0 Å². The fraction of sp³-hybridized carbons (Fsp3) is 0.517. The number of aliphatic hydroxyl groups excluding tert-OH is 2. The molecule has 0 unspecified atom stereocenters. The zero-order valence-electron chi connectivity index (χ0n) is 22.3. The molecule has 4 N–H and O–H groups in total. The Morgan fingerprint density at radius 1 is 1.11 bits per heavy atom. The predicted octanol–water partition coefficient (Wildman–Crippen LogP) is 3.97. The van der Waals surface area contributed by atoms with Crippen LogP contribution in [-0.2, 0) is 23.9 Å². The number of phenolic OH excluding ortho intramolecular Hbond substituents is 1.